The number of amides is 1. The third-order valence-electron chi connectivity index (χ3n) is 3.60. The van der Waals surface area contributed by atoms with E-state index in [2.05, 4.69) is 9.88 Å². The number of ether oxygens (including phenoxy) is 2. The molecule has 0 unspecified atom stereocenters. The number of carbonyl (C=O) groups excluding carboxylic acids is 1. The molecule has 1 amide bonds. The first-order valence-corrected chi connectivity index (χ1v) is 8.25. The van der Waals surface area contributed by atoms with E-state index in [4.69, 9.17) is 9.47 Å². The number of aryl methyl sites for hydroxylation is 1. The lowest BCUT2D eigenvalue weighted by atomic mass is 10.2. The van der Waals surface area contributed by atoms with Crippen molar-refractivity contribution in [3.05, 3.63) is 54.9 Å². The van der Waals surface area contributed by atoms with Gasteiger partial charge in [-0.3, -0.25) is 4.79 Å². The van der Waals surface area contributed by atoms with Crippen LogP contribution in [0.15, 0.2) is 54.9 Å². The summed E-state index contributed by atoms with van der Waals surface area (Å²) in [4.78, 5) is 11.8. The second-order valence-corrected chi connectivity index (χ2v) is 5.44. The van der Waals surface area contributed by atoms with Crippen LogP contribution in [0.25, 0.3) is 0 Å². The molecular weight excluding hydrogens is 384 g/mol. The Hall–Kier alpha value is -2.08. The SMILES string of the molecule is COc1ccc(OCCNC(=O)CCCC[n+]2ccccc2)cc1.[Br-]. The van der Waals surface area contributed by atoms with E-state index in [1.54, 1.807) is 7.11 Å². The van der Waals surface area contributed by atoms with Crippen molar-refractivity contribution in [2.45, 2.75) is 25.8 Å². The molecule has 6 heteroatoms. The molecule has 0 aliphatic heterocycles. The van der Waals surface area contributed by atoms with Crippen LogP contribution in [0, 0.1) is 0 Å². The predicted molar refractivity (Wildman–Crippen MR) is 92.0 cm³/mol. The zero-order chi connectivity index (χ0) is 17.0. The molecule has 0 saturated carbocycles. The number of benzene rings is 1. The minimum Gasteiger partial charge on any atom is -1.00 e. The summed E-state index contributed by atoms with van der Waals surface area (Å²) in [5.41, 5.74) is 0. The number of halogens is 1. The number of hydrogen-bond donors (Lipinski definition) is 1. The van der Waals surface area contributed by atoms with Crippen LogP contribution in [-0.4, -0.2) is 26.2 Å². The molecule has 0 bridgehead atoms. The number of aromatic nitrogens is 1. The van der Waals surface area contributed by atoms with Crippen molar-refractivity contribution < 1.29 is 35.8 Å². The molecule has 25 heavy (non-hydrogen) atoms. The lowest BCUT2D eigenvalue weighted by molar-refractivity contribution is -0.697. The van der Waals surface area contributed by atoms with Crippen LogP contribution in [0.1, 0.15) is 19.3 Å². The van der Waals surface area contributed by atoms with E-state index in [1.807, 2.05) is 54.9 Å². The summed E-state index contributed by atoms with van der Waals surface area (Å²) in [6.45, 7) is 1.91. The normalized spacial score (nSPS) is 9.80. The molecule has 1 aromatic carbocycles. The van der Waals surface area contributed by atoms with E-state index < -0.39 is 0 Å². The molecule has 136 valence electrons. The molecule has 0 spiro atoms. The van der Waals surface area contributed by atoms with Gasteiger partial charge < -0.3 is 31.8 Å². The Balaban J connectivity index is 0.00000312. The number of pyridine rings is 1. The highest BCUT2D eigenvalue weighted by Gasteiger charge is 2.03. The number of hydrogen-bond acceptors (Lipinski definition) is 3. The highest BCUT2D eigenvalue weighted by molar-refractivity contribution is 5.75. The Morgan fingerprint density at radius 2 is 1.72 bits per heavy atom. The predicted octanol–water partition coefficient (Wildman–Crippen LogP) is -0.648. The molecular formula is C19H25BrN2O3. The zero-order valence-corrected chi connectivity index (χ0v) is 16.1. The van der Waals surface area contributed by atoms with E-state index in [0.29, 0.717) is 19.6 Å². The van der Waals surface area contributed by atoms with Crippen molar-refractivity contribution in [1.82, 2.24) is 5.32 Å². The summed E-state index contributed by atoms with van der Waals surface area (Å²) in [5.74, 6) is 1.64. The summed E-state index contributed by atoms with van der Waals surface area (Å²) in [5, 5.41) is 2.88. The smallest absolute Gasteiger partial charge is 0.220 e. The van der Waals surface area contributed by atoms with Crippen molar-refractivity contribution in [3.8, 4) is 11.5 Å². The topological polar surface area (TPSA) is 51.4 Å². The highest BCUT2D eigenvalue weighted by atomic mass is 79.9. The van der Waals surface area contributed by atoms with E-state index in [0.717, 1.165) is 30.9 Å². The van der Waals surface area contributed by atoms with E-state index in [-0.39, 0.29) is 22.9 Å². The number of methoxy groups -OCH3 is 1. The van der Waals surface area contributed by atoms with E-state index in [1.165, 1.54) is 0 Å². The minimum atomic E-state index is 0. The molecule has 1 N–H and O–H groups in total. The number of carbonyl (C=O) groups is 1. The van der Waals surface area contributed by atoms with Gasteiger partial charge >= 0.3 is 0 Å². The van der Waals surface area contributed by atoms with Gasteiger partial charge in [0.05, 0.1) is 13.7 Å². The fourth-order valence-electron chi connectivity index (χ4n) is 2.28. The second-order valence-electron chi connectivity index (χ2n) is 5.44. The molecule has 5 nitrogen and oxygen atoms in total. The molecule has 0 radical (unpaired) electrons. The van der Waals surface area contributed by atoms with Gasteiger partial charge in [-0.25, -0.2) is 4.57 Å². The van der Waals surface area contributed by atoms with Gasteiger partial charge in [0.15, 0.2) is 12.4 Å². The Morgan fingerprint density at radius 3 is 2.40 bits per heavy atom. The van der Waals surface area contributed by atoms with Gasteiger partial charge in [-0.15, -0.1) is 0 Å². The fourth-order valence-corrected chi connectivity index (χ4v) is 2.28. The molecule has 2 rings (SSSR count). The van der Waals surface area contributed by atoms with Gasteiger partial charge in [-0.1, -0.05) is 6.07 Å². The van der Waals surface area contributed by atoms with Gasteiger partial charge in [0.1, 0.15) is 24.7 Å². The van der Waals surface area contributed by atoms with Crippen molar-refractivity contribution in [1.29, 1.82) is 0 Å². The lowest BCUT2D eigenvalue weighted by Crippen LogP contribution is -3.00. The largest absolute Gasteiger partial charge is 1.00 e. The standard InChI is InChI=1S/C19H24N2O3.BrH/c1-23-17-8-10-18(11-9-17)24-16-12-20-19(22)7-3-6-15-21-13-4-2-5-14-21;/h2,4-5,8-11,13-14H,3,6-7,12,15-16H2,1H3;1H. The number of nitrogens with one attached hydrogen (secondary N) is 1. The summed E-state index contributed by atoms with van der Waals surface area (Å²) in [6.07, 6.45) is 6.50. The van der Waals surface area contributed by atoms with Crippen LogP contribution >= 0.6 is 0 Å². The Bertz CT molecular complexity index is 606. The van der Waals surface area contributed by atoms with Crippen LogP contribution in [0.3, 0.4) is 0 Å². The summed E-state index contributed by atoms with van der Waals surface area (Å²) in [7, 11) is 1.63. The van der Waals surface area contributed by atoms with E-state index in [9.17, 15) is 4.79 Å². The molecule has 0 atom stereocenters. The number of rotatable bonds is 10. The highest BCUT2D eigenvalue weighted by Crippen LogP contribution is 2.16. The molecule has 1 heterocycles. The maximum Gasteiger partial charge on any atom is 0.220 e. The monoisotopic (exact) mass is 408 g/mol. The van der Waals surface area contributed by atoms with Crippen LogP contribution in [0.2, 0.25) is 0 Å². The molecule has 0 fully saturated rings. The Labute approximate surface area is 159 Å². The van der Waals surface area contributed by atoms with Crippen LogP contribution in [-0.2, 0) is 11.3 Å². The van der Waals surface area contributed by atoms with Crippen LogP contribution < -0.4 is 36.3 Å². The minimum absolute atomic E-state index is 0. The lowest BCUT2D eigenvalue weighted by Gasteiger charge is -2.08. The van der Waals surface area contributed by atoms with Gasteiger partial charge in [0.25, 0.3) is 0 Å². The van der Waals surface area contributed by atoms with Crippen molar-refractivity contribution in [2.75, 3.05) is 20.3 Å². The van der Waals surface area contributed by atoms with Gasteiger partial charge in [-0.2, -0.15) is 0 Å². The summed E-state index contributed by atoms with van der Waals surface area (Å²) in [6, 6.07) is 13.4. The first kappa shape index (κ1) is 21.0. The quantitative estimate of drug-likeness (QED) is 0.419. The summed E-state index contributed by atoms with van der Waals surface area (Å²) >= 11 is 0. The Morgan fingerprint density at radius 1 is 1.04 bits per heavy atom. The molecule has 2 aromatic rings. The van der Waals surface area contributed by atoms with E-state index >= 15 is 0 Å². The molecule has 1 aromatic heterocycles. The molecule has 0 aliphatic rings. The van der Waals surface area contributed by atoms with Crippen LogP contribution in [0.5, 0.6) is 11.5 Å². The zero-order valence-electron chi connectivity index (χ0n) is 14.5. The average molecular weight is 409 g/mol. The maximum absolute atomic E-state index is 11.8. The third kappa shape index (κ3) is 8.54. The fraction of sp³-hybridized carbons (Fsp3) is 0.368. The van der Waals surface area contributed by atoms with Gasteiger partial charge in [0, 0.05) is 25.0 Å². The first-order valence-electron chi connectivity index (χ1n) is 8.25. The van der Waals surface area contributed by atoms with Crippen molar-refractivity contribution in [2.24, 2.45) is 0 Å². The second kappa shape index (κ2) is 12.3. The first-order chi connectivity index (χ1) is 11.8. The average Bonchev–Trinajstić information content (AvgIpc) is 2.64. The Kier molecular flexibility index (Phi) is 10.3. The van der Waals surface area contributed by atoms with Crippen molar-refractivity contribution in [3.63, 3.8) is 0 Å². The third-order valence-corrected chi connectivity index (χ3v) is 3.60. The maximum atomic E-state index is 11.8. The van der Waals surface area contributed by atoms with Gasteiger partial charge in [-0.05, 0) is 30.7 Å². The van der Waals surface area contributed by atoms with Gasteiger partial charge in [0.2, 0.25) is 5.91 Å². The molecule has 0 saturated heterocycles. The number of unbranched alkanes of at least 4 members (excludes halogenated alkanes) is 1. The van der Waals surface area contributed by atoms with Crippen molar-refractivity contribution >= 4 is 5.91 Å². The van der Waals surface area contributed by atoms with Crippen LogP contribution in [0.4, 0.5) is 0 Å². The number of nitrogens with zero attached hydrogens (tertiary/aromatic N) is 1. The summed E-state index contributed by atoms with van der Waals surface area (Å²) < 4.78 is 12.8. The molecule has 0 aliphatic carbocycles.